The summed E-state index contributed by atoms with van der Waals surface area (Å²) in [5, 5.41) is 0. The normalized spacial score (nSPS) is 10.1. The Bertz CT molecular complexity index is 581. The molecule has 0 radical (unpaired) electrons. The zero-order chi connectivity index (χ0) is 13.1. The molecule has 0 aliphatic rings. The fourth-order valence-electron chi connectivity index (χ4n) is 1.52. The van der Waals surface area contributed by atoms with Crippen molar-refractivity contribution in [3.05, 3.63) is 59.4 Å². The summed E-state index contributed by atoms with van der Waals surface area (Å²) in [6.45, 7) is 1.99. The van der Waals surface area contributed by atoms with Gasteiger partial charge in [0.05, 0.1) is 5.56 Å². The summed E-state index contributed by atoms with van der Waals surface area (Å²) in [4.78, 5) is 0.108. The van der Waals surface area contributed by atoms with E-state index < -0.39 is 5.82 Å². The highest BCUT2D eigenvalue weighted by Gasteiger charge is 2.09. The second-order valence-corrected chi connectivity index (χ2v) is 4.36. The van der Waals surface area contributed by atoms with E-state index in [1.54, 1.807) is 0 Å². The molecule has 0 unspecified atom stereocenters. The van der Waals surface area contributed by atoms with Crippen molar-refractivity contribution in [2.75, 3.05) is 0 Å². The number of hydrogen-bond donors (Lipinski definition) is 1. The standard InChI is InChI=1S/C14H12FNOS/c1-9-2-5-11(6-3-9)17-13-7-4-10(15)8-12(13)14(16)18/h2-8H,1H3,(H2,16,18). The van der Waals surface area contributed by atoms with E-state index in [-0.39, 0.29) is 4.99 Å². The summed E-state index contributed by atoms with van der Waals surface area (Å²) in [6.07, 6.45) is 0. The zero-order valence-corrected chi connectivity index (χ0v) is 10.6. The number of hydrogen-bond acceptors (Lipinski definition) is 2. The number of benzene rings is 2. The number of nitrogens with two attached hydrogens (primary N) is 1. The second-order valence-electron chi connectivity index (χ2n) is 3.92. The molecule has 0 aliphatic heterocycles. The van der Waals surface area contributed by atoms with E-state index >= 15 is 0 Å². The van der Waals surface area contributed by atoms with Gasteiger partial charge in [0.1, 0.15) is 22.3 Å². The molecule has 0 saturated heterocycles. The van der Waals surface area contributed by atoms with Crippen molar-refractivity contribution < 1.29 is 9.13 Å². The Balaban J connectivity index is 2.34. The maximum absolute atomic E-state index is 13.1. The average Bonchev–Trinajstić information content (AvgIpc) is 2.34. The maximum atomic E-state index is 13.1. The van der Waals surface area contributed by atoms with Crippen molar-refractivity contribution in [1.82, 2.24) is 0 Å². The van der Waals surface area contributed by atoms with Crippen LogP contribution in [0.2, 0.25) is 0 Å². The second kappa shape index (κ2) is 5.14. The van der Waals surface area contributed by atoms with Gasteiger partial charge in [-0.05, 0) is 37.3 Å². The molecule has 0 aromatic heterocycles. The topological polar surface area (TPSA) is 35.2 Å². The van der Waals surface area contributed by atoms with Crippen molar-refractivity contribution >= 4 is 17.2 Å². The SMILES string of the molecule is Cc1ccc(Oc2ccc(F)cc2C(N)=S)cc1. The first-order valence-corrected chi connectivity index (χ1v) is 5.81. The molecule has 18 heavy (non-hydrogen) atoms. The van der Waals surface area contributed by atoms with Crippen molar-refractivity contribution in [2.24, 2.45) is 5.73 Å². The lowest BCUT2D eigenvalue weighted by molar-refractivity contribution is 0.479. The molecule has 4 heteroatoms. The van der Waals surface area contributed by atoms with Crippen molar-refractivity contribution in [3.63, 3.8) is 0 Å². The third-order valence-electron chi connectivity index (χ3n) is 2.46. The lowest BCUT2D eigenvalue weighted by Gasteiger charge is -2.10. The molecule has 2 rings (SSSR count). The predicted molar refractivity (Wildman–Crippen MR) is 73.5 cm³/mol. The Labute approximate surface area is 110 Å². The number of thiocarbonyl (C=S) groups is 1. The molecule has 0 spiro atoms. The molecule has 0 saturated carbocycles. The van der Waals surface area contributed by atoms with Crippen LogP contribution in [-0.4, -0.2) is 4.99 Å². The molecule has 2 N–H and O–H groups in total. The van der Waals surface area contributed by atoms with Crippen LogP contribution < -0.4 is 10.5 Å². The van der Waals surface area contributed by atoms with Gasteiger partial charge in [0.2, 0.25) is 0 Å². The summed E-state index contributed by atoms with van der Waals surface area (Å²) in [5.74, 6) is 0.714. The Morgan fingerprint density at radius 2 is 1.83 bits per heavy atom. The highest BCUT2D eigenvalue weighted by molar-refractivity contribution is 7.80. The summed E-state index contributed by atoms with van der Waals surface area (Å²) < 4.78 is 18.8. The van der Waals surface area contributed by atoms with Crippen LogP contribution in [0.25, 0.3) is 0 Å². The van der Waals surface area contributed by atoms with Crippen LogP contribution in [0, 0.1) is 12.7 Å². The summed E-state index contributed by atoms with van der Waals surface area (Å²) in [5.41, 5.74) is 7.08. The van der Waals surface area contributed by atoms with Crippen molar-refractivity contribution in [2.45, 2.75) is 6.92 Å². The Kier molecular flexibility index (Phi) is 3.58. The maximum Gasteiger partial charge on any atom is 0.137 e. The lowest BCUT2D eigenvalue weighted by Crippen LogP contribution is -2.11. The summed E-state index contributed by atoms with van der Waals surface area (Å²) in [6, 6.07) is 11.6. The van der Waals surface area contributed by atoms with E-state index in [1.807, 2.05) is 31.2 Å². The number of halogens is 1. The lowest BCUT2D eigenvalue weighted by atomic mass is 10.2. The van der Waals surface area contributed by atoms with E-state index in [2.05, 4.69) is 0 Å². The molecule has 2 aromatic rings. The van der Waals surface area contributed by atoms with Gasteiger partial charge >= 0.3 is 0 Å². The van der Waals surface area contributed by atoms with Gasteiger partial charge in [0.15, 0.2) is 0 Å². The Hall–Kier alpha value is -1.94. The fraction of sp³-hybridized carbons (Fsp3) is 0.0714. The Morgan fingerprint density at radius 1 is 1.17 bits per heavy atom. The molecule has 0 bridgehead atoms. The molecule has 0 aliphatic carbocycles. The van der Waals surface area contributed by atoms with E-state index in [4.69, 9.17) is 22.7 Å². The quantitative estimate of drug-likeness (QED) is 0.858. The third-order valence-corrected chi connectivity index (χ3v) is 2.68. The number of aryl methyl sites for hydroxylation is 1. The zero-order valence-electron chi connectivity index (χ0n) is 9.81. The molecule has 92 valence electrons. The van der Waals surface area contributed by atoms with Gasteiger partial charge in [-0.2, -0.15) is 0 Å². The minimum Gasteiger partial charge on any atom is -0.457 e. The van der Waals surface area contributed by atoms with Gasteiger partial charge < -0.3 is 10.5 Å². The molecular weight excluding hydrogens is 249 g/mol. The molecule has 0 fully saturated rings. The van der Waals surface area contributed by atoms with Crippen LogP contribution >= 0.6 is 12.2 Å². The van der Waals surface area contributed by atoms with E-state index in [9.17, 15) is 4.39 Å². The van der Waals surface area contributed by atoms with Crippen LogP contribution in [0.15, 0.2) is 42.5 Å². The largest absolute Gasteiger partial charge is 0.457 e. The third kappa shape index (κ3) is 2.84. The van der Waals surface area contributed by atoms with Crippen molar-refractivity contribution in [1.29, 1.82) is 0 Å². The monoisotopic (exact) mass is 261 g/mol. The van der Waals surface area contributed by atoms with Gasteiger partial charge in [-0.3, -0.25) is 0 Å². The number of ether oxygens (including phenoxy) is 1. The molecular formula is C14H12FNOS. The average molecular weight is 261 g/mol. The molecule has 0 atom stereocenters. The molecule has 2 nitrogen and oxygen atoms in total. The van der Waals surface area contributed by atoms with Crippen molar-refractivity contribution in [3.8, 4) is 11.5 Å². The smallest absolute Gasteiger partial charge is 0.137 e. The van der Waals surface area contributed by atoms with E-state index in [0.29, 0.717) is 17.1 Å². The first-order valence-electron chi connectivity index (χ1n) is 5.40. The minimum absolute atomic E-state index is 0.108. The van der Waals surface area contributed by atoms with Gasteiger partial charge in [-0.25, -0.2) is 4.39 Å². The Morgan fingerprint density at radius 3 is 2.44 bits per heavy atom. The minimum atomic E-state index is -0.394. The summed E-state index contributed by atoms with van der Waals surface area (Å²) >= 11 is 4.88. The fourth-order valence-corrected chi connectivity index (χ4v) is 1.68. The van der Waals surface area contributed by atoms with Gasteiger partial charge in [0, 0.05) is 0 Å². The first-order chi connectivity index (χ1) is 8.56. The van der Waals surface area contributed by atoms with Crippen LogP contribution in [0.4, 0.5) is 4.39 Å². The van der Waals surface area contributed by atoms with E-state index in [1.165, 1.54) is 18.2 Å². The van der Waals surface area contributed by atoms with Gasteiger partial charge in [0.25, 0.3) is 0 Å². The van der Waals surface area contributed by atoms with Crippen LogP contribution in [0.3, 0.4) is 0 Å². The predicted octanol–water partition coefficient (Wildman–Crippen LogP) is 3.56. The van der Waals surface area contributed by atoms with Gasteiger partial charge in [-0.15, -0.1) is 0 Å². The van der Waals surface area contributed by atoms with Crippen LogP contribution in [0.1, 0.15) is 11.1 Å². The molecule has 0 amide bonds. The number of rotatable bonds is 3. The van der Waals surface area contributed by atoms with Gasteiger partial charge in [-0.1, -0.05) is 29.9 Å². The van der Waals surface area contributed by atoms with Crippen LogP contribution in [0.5, 0.6) is 11.5 Å². The van der Waals surface area contributed by atoms with E-state index in [0.717, 1.165) is 5.56 Å². The highest BCUT2D eigenvalue weighted by atomic mass is 32.1. The molecule has 2 aromatic carbocycles. The molecule has 0 heterocycles. The highest BCUT2D eigenvalue weighted by Crippen LogP contribution is 2.26. The van der Waals surface area contributed by atoms with Crippen LogP contribution in [-0.2, 0) is 0 Å². The summed E-state index contributed by atoms with van der Waals surface area (Å²) in [7, 11) is 0. The first kappa shape index (κ1) is 12.5.